The Morgan fingerprint density at radius 2 is 2.22 bits per heavy atom. The lowest BCUT2D eigenvalue weighted by molar-refractivity contribution is 0.302. The van der Waals surface area contributed by atoms with Crippen molar-refractivity contribution in [3.8, 4) is 0 Å². The lowest BCUT2D eigenvalue weighted by atomic mass is 10.1. The first-order valence-corrected chi connectivity index (χ1v) is 6.62. The van der Waals surface area contributed by atoms with Crippen molar-refractivity contribution in [2.75, 3.05) is 24.6 Å². The third-order valence-electron chi connectivity index (χ3n) is 3.29. The van der Waals surface area contributed by atoms with Gasteiger partial charge in [-0.1, -0.05) is 0 Å². The van der Waals surface area contributed by atoms with Crippen molar-refractivity contribution in [2.24, 2.45) is 0 Å². The van der Waals surface area contributed by atoms with Gasteiger partial charge in [-0.25, -0.2) is 4.39 Å². The molecule has 2 N–H and O–H groups in total. The molecule has 0 saturated heterocycles. The van der Waals surface area contributed by atoms with E-state index in [1.165, 1.54) is 18.9 Å². The summed E-state index contributed by atoms with van der Waals surface area (Å²) in [7, 11) is 0. The Kier molecular flexibility index (Phi) is 4.55. The summed E-state index contributed by atoms with van der Waals surface area (Å²) in [5.74, 6) is -0.202. The lowest BCUT2D eigenvalue weighted by Crippen LogP contribution is -2.28. The van der Waals surface area contributed by atoms with Crippen LogP contribution in [0.4, 0.5) is 10.1 Å². The molecule has 0 spiro atoms. The van der Waals surface area contributed by atoms with Crippen molar-refractivity contribution in [1.29, 1.82) is 0 Å². The van der Waals surface area contributed by atoms with Crippen LogP contribution in [0, 0.1) is 5.82 Å². The van der Waals surface area contributed by atoms with Gasteiger partial charge in [-0.2, -0.15) is 0 Å². The van der Waals surface area contributed by atoms with Crippen molar-refractivity contribution < 1.29 is 9.50 Å². The second-order valence-corrected chi connectivity index (χ2v) is 4.73. The highest BCUT2D eigenvalue weighted by Gasteiger charge is 2.21. The summed E-state index contributed by atoms with van der Waals surface area (Å²) < 4.78 is 13.3. The number of aliphatic hydroxyl groups excluding tert-OH is 1. The van der Waals surface area contributed by atoms with E-state index in [0.717, 1.165) is 17.8 Å². The summed E-state index contributed by atoms with van der Waals surface area (Å²) in [4.78, 5) is 2.07. The molecule has 1 fully saturated rings. The van der Waals surface area contributed by atoms with Gasteiger partial charge in [0.15, 0.2) is 0 Å². The zero-order valence-corrected chi connectivity index (χ0v) is 10.8. The second-order valence-electron chi connectivity index (χ2n) is 4.73. The van der Waals surface area contributed by atoms with Crippen LogP contribution in [-0.4, -0.2) is 30.8 Å². The van der Waals surface area contributed by atoms with Crippen molar-refractivity contribution in [1.82, 2.24) is 5.32 Å². The van der Waals surface area contributed by atoms with E-state index in [2.05, 4.69) is 10.2 Å². The molecule has 0 atom stereocenters. The van der Waals surface area contributed by atoms with E-state index in [0.29, 0.717) is 19.1 Å². The topological polar surface area (TPSA) is 35.5 Å². The fourth-order valence-electron chi connectivity index (χ4n) is 2.12. The number of anilines is 1. The molecule has 0 bridgehead atoms. The molecular formula is C14H21FN2O. The first-order valence-electron chi connectivity index (χ1n) is 6.62. The Morgan fingerprint density at radius 1 is 1.44 bits per heavy atom. The molecule has 1 aliphatic carbocycles. The SMILES string of the molecule is CCN(CCO)c1ccc(F)cc1CNC1CC1. The van der Waals surface area contributed by atoms with Crippen LogP contribution in [0.15, 0.2) is 18.2 Å². The molecule has 1 aromatic carbocycles. The van der Waals surface area contributed by atoms with Gasteiger partial charge in [0.05, 0.1) is 6.61 Å². The van der Waals surface area contributed by atoms with E-state index in [1.54, 1.807) is 12.1 Å². The van der Waals surface area contributed by atoms with Crippen molar-refractivity contribution in [2.45, 2.75) is 32.4 Å². The molecule has 0 radical (unpaired) electrons. The zero-order chi connectivity index (χ0) is 13.0. The van der Waals surface area contributed by atoms with Crippen molar-refractivity contribution in [3.63, 3.8) is 0 Å². The van der Waals surface area contributed by atoms with E-state index in [4.69, 9.17) is 5.11 Å². The van der Waals surface area contributed by atoms with Gasteiger partial charge in [-0.3, -0.25) is 0 Å². The maximum absolute atomic E-state index is 13.3. The van der Waals surface area contributed by atoms with Crippen LogP contribution in [0.25, 0.3) is 0 Å². The van der Waals surface area contributed by atoms with Gasteiger partial charge in [-0.15, -0.1) is 0 Å². The molecule has 18 heavy (non-hydrogen) atoms. The van der Waals surface area contributed by atoms with Crippen molar-refractivity contribution in [3.05, 3.63) is 29.6 Å². The fourth-order valence-corrected chi connectivity index (χ4v) is 2.12. The summed E-state index contributed by atoms with van der Waals surface area (Å²) in [6, 6.07) is 5.48. The number of nitrogens with zero attached hydrogens (tertiary/aromatic N) is 1. The number of nitrogens with one attached hydrogen (secondary N) is 1. The number of benzene rings is 1. The molecule has 0 amide bonds. The summed E-state index contributed by atoms with van der Waals surface area (Å²) >= 11 is 0. The third-order valence-corrected chi connectivity index (χ3v) is 3.29. The molecule has 1 aromatic rings. The fraction of sp³-hybridized carbons (Fsp3) is 0.571. The molecule has 1 aliphatic rings. The maximum Gasteiger partial charge on any atom is 0.123 e. The van der Waals surface area contributed by atoms with Crippen LogP contribution >= 0.6 is 0 Å². The smallest absolute Gasteiger partial charge is 0.123 e. The molecule has 0 aliphatic heterocycles. The molecule has 0 aromatic heterocycles. The minimum Gasteiger partial charge on any atom is -0.395 e. The Bertz CT molecular complexity index is 393. The highest BCUT2D eigenvalue weighted by Crippen LogP contribution is 2.24. The predicted molar refractivity (Wildman–Crippen MR) is 71.2 cm³/mol. The van der Waals surface area contributed by atoms with Gasteiger partial charge < -0.3 is 15.3 Å². The average Bonchev–Trinajstić information content (AvgIpc) is 3.18. The van der Waals surface area contributed by atoms with E-state index >= 15 is 0 Å². The number of hydrogen-bond donors (Lipinski definition) is 2. The average molecular weight is 252 g/mol. The second kappa shape index (κ2) is 6.16. The van der Waals surface area contributed by atoms with Gasteiger partial charge in [0.2, 0.25) is 0 Å². The predicted octanol–water partition coefficient (Wildman–Crippen LogP) is 1.90. The molecule has 2 rings (SSSR count). The highest BCUT2D eigenvalue weighted by molar-refractivity contribution is 5.53. The molecule has 100 valence electrons. The first kappa shape index (κ1) is 13.3. The summed E-state index contributed by atoms with van der Waals surface area (Å²) in [6.45, 7) is 4.23. The Morgan fingerprint density at radius 3 is 2.83 bits per heavy atom. The summed E-state index contributed by atoms with van der Waals surface area (Å²) in [5.41, 5.74) is 1.98. The molecule has 1 saturated carbocycles. The van der Waals surface area contributed by atoms with Gasteiger partial charge in [-0.05, 0) is 43.5 Å². The number of rotatable bonds is 7. The van der Waals surface area contributed by atoms with Crippen LogP contribution in [0.3, 0.4) is 0 Å². The number of halogens is 1. The van der Waals surface area contributed by atoms with Crippen molar-refractivity contribution >= 4 is 5.69 Å². The maximum atomic E-state index is 13.3. The monoisotopic (exact) mass is 252 g/mol. The standard InChI is InChI=1S/C14H21FN2O/c1-2-17(7-8-18)14-6-3-12(15)9-11(14)10-16-13-4-5-13/h3,6,9,13,16,18H,2,4-5,7-8,10H2,1H3. The number of hydrogen-bond acceptors (Lipinski definition) is 3. The lowest BCUT2D eigenvalue weighted by Gasteiger charge is -2.25. The summed E-state index contributed by atoms with van der Waals surface area (Å²) in [5, 5.41) is 12.5. The minimum atomic E-state index is -0.202. The van der Waals surface area contributed by atoms with Crippen LogP contribution < -0.4 is 10.2 Å². The quantitative estimate of drug-likeness (QED) is 0.778. The molecule has 3 nitrogen and oxygen atoms in total. The third kappa shape index (κ3) is 3.43. The van der Waals surface area contributed by atoms with Gasteiger partial charge in [0, 0.05) is 31.4 Å². The van der Waals surface area contributed by atoms with E-state index in [1.807, 2.05) is 6.92 Å². The minimum absolute atomic E-state index is 0.112. The highest BCUT2D eigenvalue weighted by atomic mass is 19.1. The first-order chi connectivity index (χ1) is 8.74. The Labute approximate surface area is 108 Å². The molecule has 4 heteroatoms. The van der Waals surface area contributed by atoms with E-state index < -0.39 is 0 Å². The van der Waals surface area contributed by atoms with Crippen LogP contribution in [0.5, 0.6) is 0 Å². The molecule has 0 heterocycles. The van der Waals surface area contributed by atoms with Gasteiger partial charge >= 0.3 is 0 Å². The molecule has 0 unspecified atom stereocenters. The van der Waals surface area contributed by atoms with Crippen LogP contribution in [-0.2, 0) is 6.54 Å². The normalized spacial score (nSPS) is 14.8. The van der Waals surface area contributed by atoms with E-state index in [-0.39, 0.29) is 12.4 Å². The molecular weight excluding hydrogens is 231 g/mol. The number of likely N-dealkylation sites (N-methyl/N-ethyl adjacent to an activating group) is 1. The largest absolute Gasteiger partial charge is 0.395 e. The Balaban J connectivity index is 2.14. The zero-order valence-electron chi connectivity index (χ0n) is 10.8. The Hall–Kier alpha value is -1.13. The van der Waals surface area contributed by atoms with Crippen LogP contribution in [0.1, 0.15) is 25.3 Å². The summed E-state index contributed by atoms with van der Waals surface area (Å²) in [6.07, 6.45) is 2.44. The van der Waals surface area contributed by atoms with Gasteiger partial charge in [0.25, 0.3) is 0 Å². The van der Waals surface area contributed by atoms with E-state index in [9.17, 15) is 4.39 Å². The number of aliphatic hydroxyl groups is 1. The van der Waals surface area contributed by atoms with Gasteiger partial charge in [0.1, 0.15) is 5.82 Å². The van der Waals surface area contributed by atoms with Crippen LogP contribution in [0.2, 0.25) is 0 Å².